The zero-order valence-electron chi connectivity index (χ0n) is 10.9. The van der Waals surface area contributed by atoms with Gasteiger partial charge < -0.3 is 5.32 Å². The number of benzene rings is 1. The molecule has 106 valence electrons. The maximum atomic E-state index is 14.0. The molecular weight excluding hydrogens is 258 g/mol. The van der Waals surface area contributed by atoms with E-state index in [-0.39, 0.29) is 19.4 Å². The van der Waals surface area contributed by atoms with Gasteiger partial charge in [-0.1, -0.05) is 6.07 Å². The summed E-state index contributed by atoms with van der Waals surface area (Å²) >= 11 is 0. The van der Waals surface area contributed by atoms with Crippen molar-refractivity contribution < 1.29 is 17.6 Å². The van der Waals surface area contributed by atoms with Crippen LogP contribution in [0.25, 0.3) is 0 Å². The van der Waals surface area contributed by atoms with Crippen LogP contribution in [0.15, 0.2) is 12.1 Å². The van der Waals surface area contributed by atoms with Gasteiger partial charge in [0.25, 0.3) is 0 Å². The van der Waals surface area contributed by atoms with Crippen LogP contribution in [0.1, 0.15) is 35.6 Å². The fourth-order valence-electron chi connectivity index (χ4n) is 2.80. The van der Waals surface area contributed by atoms with E-state index in [2.05, 4.69) is 5.32 Å². The zero-order valence-corrected chi connectivity index (χ0v) is 10.9. The van der Waals surface area contributed by atoms with Crippen molar-refractivity contribution in [2.75, 3.05) is 6.54 Å². The number of alkyl halides is 3. The van der Waals surface area contributed by atoms with Crippen LogP contribution in [0.2, 0.25) is 0 Å². The van der Waals surface area contributed by atoms with Gasteiger partial charge in [0, 0.05) is 11.6 Å². The molecule has 5 heteroatoms. The molecule has 1 saturated heterocycles. The SMILES string of the molecule is Cc1cc(C)c(C2CC(C(F)(F)F)CCN2)c(F)c1. The monoisotopic (exact) mass is 275 g/mol. The summed E-state index contributed by atoms with van der Waals surface area (Å²) < 4.78 is 52.3. The Labute approximate surface area is 110 Å². The summed E-state index contributed by atoms with van der Waals surface area (Å²) in [6, 6.07) is 2.62. The third kappa shape index (κ3) is 3.08. The molecule has 0 aromatic heterocycles. The van der Waals surface area contributed by atoms with Crippen molar-refractivity contribution >= 4 is 0 Å². The number of piperidine rings is 1. The molecule has 1 aromatic carbocycles. The van der Waals surface area contributed by atoms with Gasteiger partial charge in [0.2, 0.25) is 0 Å². The Hall–Kier alpha value is -1.10. The predicted octanol–water partition coefficient (Wildman–Crippen LogP) is 4.05. The quantitative estimate of drug-likeness (QED) is 0.763. The Bertz CT molecular complexity index is 444. The van der Waals surface area contributed by atoms with E-state index in [1.165, 1.54) is 6.07 Å². The highest BCUT2D eigenvalue weighted by Gasteiger charge is 2.42. The molecule has 0 aliphatic carbocycles. The van der Waals surface area contributed by atoms with E-state index in [0.29, 0.717) is 11.1 Å². The van der Waals surface area contributed by atoms with Gasteiger partial charge in [0.15, 0.2) is 0 Å². The molecule has 0 spiro atoms. The zero-order chi connectivity index (χ0) is 14.2. The largest absolute Gasteiger partial charge is 0.391 e. The van der Waals surface area contributed by atoms with Crippen molar-refractivity contribution in [3.8, 4) is 0 Å². The molecule has 1 aliphatic heterocycles. The van der Waals surface area contributed by atoms with Crippen LogP contribution in [-0.4, -0.2) is 12.7 Å². The Kier molecular flexibility index (Phi) is 3.85. The number of hydrogen-bond donors (Lipinski definition) is 1. The number of nitrogens with one attached hydrogen (secondary N) is 1. The first kappa shape index (κ1) is 14.3. The summed E-state index contributed by atoms with van der Waals surface area (Å²) in [5, 5.41) is 3.00. The Morgan fingerprint density at radius 3 is 2.47 bits per heavy atom. The fourth-order valence-corrected chi connectivity index (χ4v) is 2.80. The van der Waals surface area contributed by atoms with E-state index in [1.807, 2.05) is 0 Å². The lowest BCUT2D eigenvalue weighted by Gasteiger charge is -2.32. The van der Waals surface area contributed by atoms with Crippen LogP contribution in [-0.2, 0) is 0 Å². The van der Waals surface area contributed by atoms with Crippen LogP contribution >= 0.6 is 0 Å². The average Bonchev–Trinajstić information content (AvgIpc) is 2.26. The molecule has 1 aromatic rings. The van der Waals surface area contributed by atoms with Gasteiger partial charge in [-0.15, -0.1) is 0 Å². The van der Waals surface area contributed by atoms with E-state index in [1.54, 1.807) is 19.9 Å². The molecular formula is C14H17F4N. The Morgan fingerprint density at radius 1 is 1.21 bits per heavy atom. The van der Waals surface area contributed by atoms with Crippen LogP contribution < -0.4 is 5.32 Å². The number of rotatable bonds is 1. The highest BCUT2D eigenvalue weighted by Crippen LogP contribution is 2.39. The minimum atomic E-state index is -4.20. The fraction of sp³-hybridized carbons (Fsp3) is 0.571. The predicted molar refractivity (Wildman–Crippen MR) is 65.4 cm³/mol. The third-order valence-electron chi connectivity index (χ3n) is 3.70. The molecule has 2 rings (SSSR count). The summed E-state index contributed by atoms with van der Waals surface area (Å²) in [7, 11) is 0. The first-order chi connectivity index (χ1) is 8.79. The van der Waals surface area contributed by atoms with E-state index in [0.717, 1.165) is 5.56 Å². The van der Waals surface area contributed by atoms with Crippen molar-refractivity contribution in [3.05, 3.63) is 34.6 Å². The lowest BCUT2D eigenvalue weighted by atomic mass is 9.86. The minimum Gasteiger partial charge on any atom is -0.310 e. The van der Waals surface area contributed by atoms with E-state index < -0.39 is 24.0 Å². The van der Waals surface area contributed by atoms with Crippen LogP contribution in [0.4, 0.5) is 17.6 Å². The second kappa shape index (κ2) is 5.12. The van der Waals surface area contributed by atoms with Crippen molar-refractivity contribution in [2.45, 2.75) is 38.9 Å². The first-order valence-electron chi connectivity index (χ1n) is 6.35. The van der Waals surface area contributed by atoms with E-state index in [4.69, 9.17) is 0 Å². The second-order valence-electron chi connectivity index (χ2n) is 5.25. The smallest absolute Gasteiger partial charge is 0.310 e. The third-order valence-corrected chi connectivity index (χ3v) is 3.70. The van der Waals surface area contributed by atoms with Crippen molar-refractivity contribution in [1.82, 2.24) is 5.32 Å². The molecule has 19 heavy (non-hydrogen) atoms. The normalized spacial score (nSPS) is 24.5. The minimum absolute atomic E-state index is 0.0620. The highest BCUT2D eigenvalue weighted by molar-refractivity contribution is 5.34. The van der Waals surface area contributed by atoms with E-state index >= 15 is 0 Å². The van der Waals surface area contributed by atoms with Gasteiger partial charge >= 0.3 is 6.18 Å². The van der Waals surface area contributed by atoms with Gasteiger partial charge in [0.05, 0.1) is 5.92 Å². The number of halogens is 4. The van der Waals surface area contributed by atoms with Crippen LogP contribution in [0, 0.1) is 25.6 Å². The van der Waals surface area contributed by atoms with Crippen LogP contribution in [0.5, 0.6) is 0 Å². The molecule has 2 unspecified atom stereocenters. The molecule has 1 nitrogen and oxygen atoms in total. The van der Waals surface area contributed by atoms with Gasteiger partial charge in [0.1, 0.15) is 5.82 Å². The average molecular weight is 275 g/mol. The molecule has 0 saturated carbocycles. The van der Waals surface area contributed by atoms with Crippen molar-refractivity contribution in [2.24, 2.45) is 5.92 Å². The lowest BCUT2D eigenvalue weighted by molar-refractivity contribution is -0.183. The second-order valence-corrected chi connectivity index (χ2v) is 5.25. The maximum Gasteiger partial charge on any atom is 0.391 e. The lowest BCUT2D eigenvalue weighted by Crippen LogP contribution is -2.38. The number of hydrogen-bond acceptors (Lipinski definition) is 1. The van der Waals surface area contributed by atoms with Gasteiger partial charge in [-0.3, -0.25) is 0 Å². The molecule has 2 atom stereocenters. The summed E-state index contributed by atoms with van der Waals surface area (Å²) in [6.45, 7) is 3.78. The van der Waals surface area contributed by atoms with E-state index in [9.17, 15) is 17.6 Å². The van der Waals surface area contributed by atoms with Crippen molar-refractivity contribution in [3.63, 3.8) is 0 Å². The highest BCUT2D eigenvalue weighted by atomic mass is 19.4. The molecule has 0 radical (unpaired) electrons. The standard InChI is InChI=1S/C14H17F4N/c1-8-5-9(2)13(11(15)6-8)12-7-10(3-4-19-12)14(16,17)18/h5-6,10,12,19H,3-4,7H2,1-2H3. The molecule has 0 bridgehead atoms. The van der Waals surface area contributed by atoms with Gasteiger partial charge in [-0.25, -0.2) is 4.39 Å². The molecule has 1 fully saturated rings. The van der Waals surface area contributed by atoms with Gasteiger partial charge in [-0.2, -0.15) is 13.2 Å². The molecule has 0 amide bonds. The summed E-state index contributed by atoms with van der Waals surface area (Å²) in [4.78, 5) is 0. The topological polar surface area (TPSA) is 12.0 Å². The van der Waals surface area contributed by atoms with Crippen LogP contribution in [0.3, 0.4) is 0 Å². The summed E-state index contributed by atoms with van der Waals surface area (Å²) in [5.74, 6) is -1.77. The van der Waals surface area contributed by atoms with Gasteiger partial charge in [-0.05, 0) is 50.4 Å². The summed E-state index contributed by atoms with van der Waals surface area (Å²) in [6.07, 6.45) is -4.23. The Balaban J connectivity index is 2.27. The Morgan fingerprint density at radius 2 is 1.89 bits per heavy atom. The maximum absolute atomic E-state index is 14.0. The molecule has 1 heterocycles. The molecule has 1 aliphatic rings. The van der Waals surface area contributed by atoms with Crippen molar-refractivity contribution in [1.29, 1.82) is 0 Å². The molecule has 1 N–H and O–H groups in total. The first-order valence-corrected chi connectivity index (χ1v) is 6.35. The number of aryl methyl sites for hydroxylation is 2. The summed E-state index contributed by atoms with van der Waals surface area (Å²) in [5.41, 5.74) is 1.86.